The fourth-order valence-corrected chi connectivity index (χ4v) is 6.11. The Morgan fingerprint density at radius 2 is 1.77 bits per heavy atom. The highest BCUT2D eigenvalue weighted by atomic mass is 31.2. The molecule has 5 rings (SSSR count). The van der Waals surface area contributed by atoms with Gasteiger partial charge in [0.15, 0.2) is 0 Å². The van der Waals surface area contributed by atoms with Gasteiger partial charge in [-0.3, -0.25) is 18.9 Å². The number of hydrogen-bond donors (Lipinski definition) is 5. The number of carbonyl (C=O) groups is 3. The monoisotopic (exact) mass is 616 g/mol. The summed E-state index contributed by atoms with van der Waals surface area (Å²) < 4.78 is 39.8. The Balaban J connectivity index is 1.29. The molecular weight excluding hydrogens is 581 g/mol. The fraction of sp³-hybridized carbons (Fsp3) is 0.433. The highest BCUT2D eigenvalue weighted by Gasteiger charge is 2.50. The van der Waals surface area contributed by atoms with Crippen molar-refractivity contribution in [1.82, 2.24) is 20.5 Å². The van der Waals surface area contributed by atoms with E-state index in [0.29, 0.717) is 24.9 Å². The molecule has 2 unspecified atom stereocenters. The lowest BCUT2D eigenvalue weighted by Crippen LogP contribution is -2.57. The number of aromatic nitrogens is 1. The van der Waals surface area contributed by atoms with Crippen LogP contribution in [0.15, 0.2) is 54.6 Å². The second kappa shape index (κ2) is 11.2. The van der Waals surface area contributed by atoms with E-state index < -0.39 is 48.1 Å². The number of halogens is 2. The number of benzene rings is 2. The summed E-state index contributed by atoms with van der Waals surface area (Å²) in [6.07, 6.45) is 1.99. The number of hydrogen-bond acceptors (Lipinski definition) is 4. The third-order valence-corrected chi connectivity index (χ3v) is 9.14. The van der Waals surface area contributed by atoms with Gasteiger partial charge < -0.3 is 30.3 Å². The number of carbonyl (C=O) groups excluding carboxylic acids is 3. The molecule has 43 heavy (non-hydrogen) atoms. The van der Waals surface area contributed by atoms with Gasteiger partial charge in [0.25, 0.3) is 5.91 Å². The Hall–Kier alpha value is -3.60. The van der Waals surface area contributed by atoms with E-state index in [1.54, 1.807) is 20.8 Å². The number of nitrogens with one attached hydrogen (secondary N) is 3. The van der Waals surface area contributed by atoms with Gasteiger partial charge in [-0.1, -0.05) is 57.2 Å². The highest BCUT2D eigenvalue weighted by Crippen LogP contribution is 2.59. The van der Waals surface area contributed by atoms with E-state index in [-0.39, 0.29) is 28.9 Å². The maximum atomic E-state index is 14.2. The smallest absolute Gasteiger partial charge is 0.351 e. The van der Waals surface area contributed by atoms with E-state index in [0.717, 1.165) is 24.1 Å². The molecule has 1 aromatic heterocycles. The number of likely N-dealkylation sites (tertiary alicyclic amines) is 1. The average Bonchev–Trinajstić information content (AvgIpc) is 3.32. The van der Waals surface area contributed by atoms with Gasteiger partial charge in [-0.25, -0.2) is 0 Å². The lowest BCUT2D eigenvalue weighted by atomic mass is 9.85. The predicted molar refractivity (Wildman–Crippen MR) is 155 cm³/mol. The Bertz CT molecular complexity index is 1600. The normalized spacial score (nSPS) is 21.5. The van der Waals surface area contributed by atoms with Crippen LogP contribution in [0.4, 0.5) is 8.78 Å². The van der Waals surface area contributed by atoms with Crippen molar-refractivity contribution in [2.45, 2.75) is 69.7 Å². The molecule has 3 aromatic rings. The van der Waals surface area contributed by atoms with Gasteiger partial charge in [0, 0.05) is 35.0 Å². The molecule has 5 N–H and O–H groups in total. The molecule has 1 aliphatic carbocycles. The molecule has 2 fully saturated rings. The molecule has 1 saturated carbocycles. The summed E-state index contributed by atoms with van der Waals surface area (Å²) in [5.74, 6) is -1.04. The van der Waals surface area contributed by atoms with Crippen molar-refractivity contribution in [2.24, 2.45) is 5.41 Å². The molecule has 3 amide bonds. The number of nitrogens with zero attached hydrogens (tertiary/aromatic N) is 1. The van der Waals surface area contributed by atoms with Crippen LogP contribution in [-0.2, 0) is 19.8 Å². The van der Waals surface area contributed by atoms with E-state index in [1.807, 2.05) is 30.3 Å². The van der Waals surface area contributed by atoms with Crippen LogP contribution in [0.3, 0.4) is 0 Å². The van der Waals surface area contributed by atoms with Crippen molar-refractivity contribution < 1.29 is 37.5 Å². The quantitative estimate of drug-likeness (QED) is 0.239. The Morgan fingerprint density at radius 1 is 1.07 bits per heavy atom. The van der Waals surface area contributed by atoms with Crippen molar-refractivity contribution in [3.05, 3.63) is 71.4 Å². The summed E-state index contributed by atoms with van der Waals surface area (Å²) >= 11 is 0. The molecule has 0 bridgehead atoms. The fourth-order valence-electron chi connectivity index (χ4n) is 5.64. The van der Waals surface area contributed by atoms with Gasteiger partial charge in [0.05, 0.1) is 0 Å². The third-order valence-electron chi connectivity index (χ3n) is 8.15. The Kier molecular flexibility index (Phi) is 8.00. The zero-order chi connectivity index (χ0) is 31.3. The van der Waals surface area contributed by atoms with Gasteiger partial charge in [0.1, 0.15) is 17.8 Å². The summed E-state index contributed by atoms with van der Waals surface area (Å²) in [6, 6.07) is 12.5. The van der Waals surface area contributed by atoms with Crippen LogP contribution in [0.1, 0.15) is 67.6 Å². The second-order valence-corrected chi connectivity index (χ2v) is 14.1. The van der Waals surface area contributed by atoms with Gasteiger partial charge >= 0.3 is 13.3 Å². The summed E-state index contributed by atoms with van der Waals surface area (Å²) in [6.45, 7) is 5.74. The number of fused-ring (bicyclic) bond motifs is 1. The van der Waals surface area contributed by atoms with Crippen molar-refractivity contribution in [2.75, 3.05) is 6.54 Å². The topological polar surface area (TPSA) is 152 Å². The molecule has 230 valence electrons. The van der Waals surface area contributed by atoms with Crippen LogP contribution in [-0.4, -0.2) is 62.1 Å². The number of rotatable bonds is 8. The Morgan fingerprint density at radius 3 is 2.42 bits per heavy atom. The van der Waals surface area contributed by atoms with E-state index in [1.165, 1.54) is 17.0 Å². The minimum absolute atomic E-state index is 0.00902. The maximum absolute atomic E-state index is 14.2. The van der Waals surface area contributed by atoms with Crippen LogP contribution in [0.25, 0.3) is 10.9 Å². The highest BCUT2D eigenvalue weighted by molar-refractivity contribution is 7.52. The van der Waals surface area contributed by atoms with Gasteiger partial charge in [-0.05, 0) is 48.4 Å². The Labute approximate surface area is 247 Å². The molecule has 0 spiro atoms. The van der Waals surface area contributed by atoms with Crippen LogP contribution in [0.5, 0.6) is 0 Å². The lowest BCUT2D eigenvalue weighted by molar-refractivity contribution is -0.141. The number of H-pyrrole nitrogens is 1. The van der Waals surface area contributed by atoms with Crippen LogP contribution < -0.4 is 10.6 Å². The number of alkyl halides is 2. The molecule has 1 aliphatic heterocycles. The van der Waals surface area contributed by atoms with Gasteiger partial charge in [-0.15, -0.1) is 0 Å². The number of amides is 3. The molecule has 1 saturated heterocycles. The zero-order valence-corrected chi connectivity index (χ0v) is 24.9. The largest absolute Gasteiger partial charge is 0.399 e. The molecule has 13 heteroatoms. The van der Waals surface area contributed by atoms with Gasteiger partial charge in [0.2, 0.25) is 11.8 Å². The third kappa shape index (κ3) is 6.23. The number of aromatic amines is 1. The first-order valence-electron chi connectivity index (χ1n) is 14.1. The van der Waals surface area contributed by atoms with Crippen LogP contribution >= 0.6 is 7.60 Å². The molecule has 0 radical (unpaired) electrons. The summed E-state index contributed by atoms with van der Waals surface area (Å²) in [4.78, 5) is 62.9. The van der Waals surface area contributed by atoms with Crippen molar-refractivity contribution in [3.8, 4) is 0 Å². The van der Waals surface area contributed by atoms with Crippen molar-refractivity contribution in [1.29, 1.82) is 0 Å². The molecule has 2 aromatic carbocycles. The summed E-state index contributed by atoms with van der Waals surface area (Å²) in [7, 11) is -5.77. The van der Waals surface area contributed by atoms with Crippen molar-refractivity contribution >= 4 is 36.2 Å². The molecule has 2 heterocycles. The SMILES string of the molecule is CC(C)(C)C(NC(=O)c1cc2cc(C(F)(F)P(=O)(O)O)ccc2[nH]1)C(=O)N1CCCC1C(=O)N[C@@H]1C[C@H]1c1ccccc1. The van der Waals surface area contributed by atoms with E-state index in [9.17, 15) is 27.7 Å². The van der Waals surface area contributed by atoms with E-state index in [2.05, 4.69) is 15.6 Å². The standard InChI is InChI=1S/C30H35F2N4O6P/c1-29(2,3)25(35-26(37)23-15-18-14-19(11-12-21(18)33-23)30(31,32)43(40,41)42)28(39)36-13-7-10-24(36)27(38)34-22-16-20(22)17-8-5-4-6-9-17/h4-6,8-9,11-12,14-15,20,22,24-25,33H,7,10,13,16H2,1-3H3,(H,34,38)(H,35,37)(H2,40,41,42)/t20-,22+,24?,25?/m0/s1. The van der Waals surface area contributed by atoms with Crippen LogP contribution in [0.2, 0.25) is 0 Å². The first-order valence-corrected chi connectivity index (χ1v) is 15.7. The maximum Gasteiger partial charge on any atom is 0.399 e. The summed E-state index contributed by atoms with van der Waals surface area (Å²) in [5.41, 5.74) is -4.60. The first-order chi connectivity index (χ1) is 20.1. The van der Waals surface area contributed by atoms with E-state index >= 15 is 0 Å². The zero-order valence-electron chi connectivity index (χ0n) is 24.0. The minimum atomic E-state index is -5.77. The molecular formula is C30H35F2N4O6P. The van der Waals surface area contributed by atoms with Gasteiger partial charge in [-0.2, -0.15) is 8.78 Å². The molecule has 4 atom stereocenters. The van der Waals surface area contributed by atoms with Crippen LogP contribution in [0, 0.1) is 5.41 Å². The predicted octanol–water partition coefficient (Wildman–Crippen LogP) is 4.20. The molecule has 10 nitrogen and oxygen atoms in total. The molecule has 2 aliphatic rings. The lowest BCUT2D eigenvalue weighted by Gasteiger charge is -2.35. The first kappa shape index (κ1) is 30.8. The van der Waals surface area contributed by atoms with E-state index in [4.69, 9.17) is 9.79 Å². The summed E-state index contributed by atoms with van der Waals surface area (Å²) in [5, 5.41) is 5.98. The average molecular weight is 617 g/mol. The second-order valence-electron chi connectivity index (χ2n) is 12.4. The minimum Gasteiger partial charge on any atom is -0.351 e. The van der Waals surface area contributed by atoms with Crippen molar-refractivity contribution in [3.63, 3.8) is 0 Å².